The highest BCUT2D eigenvalue weighted by molar-refractivity contribution is 9.11. The van der Waals surface area contributed by atoms with Crippen molar-refractivity contribution in [2.75, 3.05) is 24.6 Å². The van der Waals surface area contributed by atoms with Gasteiger partial charge in [0.15, 0.2) is 11.5 Å². The highest BCUT2D eigenvalue weighted by Gasteiger charge is 2.17. The van der Waals surface area contributed by atoms with E-state index in [9.17, 15) is 36.8 Å². The molecule has 16 nitrogen and oxygen atoms in total. The van der Waals surface area contributed by atoms with Gasteiger partial charge in [-0.3, -0.25) is 18.7 Å². The van der Waals surface area contributed by atoms with E-state index in [1.165, 1.54) is 58.0 Å². The molecule has 0 unspecified atom stereocenters. The van der Waals surface area contributed by atoms with Crippen LogP contribution in [0.3, 0.4) is 0 Å². The van der Waals surface area contributed by atoms with Crippen molar-refractivity contribution in [3.05, 3.63) is 56.5 Å². The first kappa shape index (κ1) is 37.6. The van der Waals surface area contributed by atoms with Crippen LogP contribution in [-0.2, 0) is 43.2 Å². The van der Waals surface area contributed by atoms with Crippen molar-refractivity contribution in [1.29, 1.82) is 0 Å². The average Bonchev–Trinajstić information content (AvgIpc) is 2.93. The molecule has 0 fully saturated rings. The molecule has 22 heteroatoms. The molecule has 6 N–H and O–H groups in total. The van der Waals surface area contributed by atoms with Crippen molar-refractivity contribution < 1.29 is 54.3 Å². The molecular formula is C22H24Br2N4O12S4. The van der Waals surface area contributed by atoms with Gasteiger partial charge in [0.2, 0.25) is 0 Å². The maximum Gasteiger partial charge on any atom is 0.446 e. The molecule has 0 aromatic heterocycles. The zero-order chi connectivity index (χ0) is 32.9. The molecular weight excluding hydrogens is 800 g/mol. The SMILES string of the molecule is O=C(NCCSSCCNC(=O)/C(Cc1ccc(OS(=O)(=O)O)c(Br)c1)=N/O)/C(Cc1ccc(OS(=O)(=O)O)c(Br)c1)=N/O. The van der Waals surface area contributed by atoms with Crippen LogP contribution in [0.1, 0.15) is 11.1 Å². The van der Waals surface area contributed by atoms with E-state index in [-0.39, 0.29) is 57.8 Å². The number of nitrogens with zero attached hydrogens (tertiary/aromatic N) is 2. The highest BCUT2D eigenvalue weighted by atomic mass is 79.9. The number of carbonyl (C=O) groups excluding carboxylic acids is 2. The predicted molar refractivity (Wildman–Crippen MR) is 169 cm³/mol. The van der Waals surface area contributed by atoms with Crippen LogP contribution >= 0.6 is 53.4 Å². The summed E-state index contributed by atoms with van der Waals surface area (Å²) in [5, 5.41) is 29.8. The number of carbonyl (C=O) groups is 2. The molecule has 0 aliphatic carbocycles. The quantitative estimate of drug-likeness (QED) is 0.0335. The summed E-state index contributed by atoms with van der Waals surface area (Å²) in [5.74, 6) is -0.636. The maximum atomic E-state index is 12.4. The van der Waals surface area contributed by atoms with Gasteiger partial charge in [-0.1, -0.05) is 44.0 Å². The molecule has 2 aromatic rings. The fourth-order valence-corrected chi connectivity index (χ4v) is 6.90. The fraction of sp³-hybridized carbons (Fsp3) is 0.273. The topological polar surface area (TPSA) is 251 Å². The average molecular weight is 825 g/mol. The molecule has 2 amide bonds. The first-order valence-corrected chi connectivity index (χ1v) is 18.6. The van der Waals surface area contributed by atoms with Gasteiger partial charge in [0.1, 0.15) is 11.4 Å². The van der Waals surface area contributed by atoms with Crippen molar-refractivity contribution in [1.82, 2.24) is 10.6 Å². The maximum absolute atomic E-state index is 12.4. The summed E-state index contributed by atoms with van der Waals surface area (Å²) in [6.07, 6.45) is -0.169. The molecule has 2 rings (SSSR count). The lowest BCUT2D eigenvalue weighted by molar-refractivity contribution is -0.115. The monoisotopic (exact) mass is 822 g/mol. The Hall–Kier alpha value is -2.60. The molecule has 0 saturated heterocycles. The number of oxime groups is 2. The number of halogens is 2. The molecule has 242 valence electrons. The van der Waals surface area contributed by atoms with Crippen LogP contribution in [0, 0.1) is 0 Å². The Kier molecular flexibility index (Phi) is 15.2. The van der Waals surface area contributed by atoms with Crippen LogP contribution in [0.15, 0.2) is 55.7 Å². The summed E-state index contributed by atoms with van der Waals surface area (Å²) in [6.45, 7) is 0.468. The van der Waals surface area contributed by atoms with E-state index in [1.807, 2.05) is 0 Å². The lowest BCUT2D eigenvalue weighted by Crippen LogP contribution is -2.34. The summed E-state index contributed by atoms with van der Waals surface area (Å²) >= 11 is 6.19. The van der Waals surface area contributed by atoms with E-state index in [1.54, 1.807) is 0 Å². The Morgan fingerprint density at radius 2 is 1.09 bits per heavy atom. The Balaban J connectivity index is 1.69. The van der Waals surface area contributed by atoms with Gasteiger partial charge in [-0.25, -0.2) is 0 Å². The van der Waals surface area contributed by atoms with Crippen LogP contribution in [0.4, 0.5) is 0 Å². The second kappa shape index (κ2) is 17.8. The van der Waals surface area contributed by atoms with Gasteiger partial charge in [-0.2, -0.15) is 16.8 Å². The van der Waals surface area contributed by atoms with Crippen LogP contribution in [0.25, 0.3) is 0 Å². The number of rotatable bonds is 17. The van der Waals surface area contributed by atoms with Crippen molar-refractivity contribution in [3.8, 4) is 11.5 Å². The zero-order valence-electron chi connectivity index (χ0n) is 22.0. The van der Waals surface area contributed by atoms with Crippen molar-refractivity contribution in [2.24, 2.45) is 10.3 Å². The van der Waals surface area contributed by atoms with E-state index < -0.39 is 32.6 Å². The minimum absolute atomic E-state index is 0.0845. The zero-order valence-corrected chi connectivity index (χ0v) is 28.5. The number of amides is 2. The number of benzene rings is 2. The summed E-state index contributed by atoms with van der Waals surface area (Å²) in [5.41, 5.74) is 0.577. The van der Waals surface area contributed by atoms with Gasteiger partial charge < -0.3 is 29.4 Å². The molecule has 0 heterocycles. The summed E-state index contributed by atoms with van der Waals surface area (Å²) < 4.78 is 70.2. The molecule has 0 atom stereocenters. The number of nitrogens with one attached hydrogen (secondary N) is 2. The van der Waals surface area contributed by atoms with Crippen LogP contribution in [-0.4, -0.2) is 84.2 Å². The van der Waals surface area contributed by atoms with Gasteiger partial charge in [0.25, 0.3) is 11.8 Å². The predicted octanol–water partition coefficient (Wildman–Crippen LogP) is 2.63. The lowest BCUT2D eigenvalue weighted by Gasteiger charge is -2.09. The Bertz CT molecular complexity index is 1500. The molecule has 0 saturated carbocycles. The Morgan fingerprint density at radius 3 is 1.39 bits per heavy atom. The third-order valence-corrected chi connectivity index (χ3v) is 9.34. The number of hydrogen-bond donors (Lipinski definition) is 6. The smallest absolute Gasteiger partial charge is 0.410 e. The Morgan fingerprint density at radius 1 is 0.727 bits per heavy atom. The van der Waals surface area contributed by atoms with E-state index >= 15 is 0 Å². The highest BCUT2D eigenvalue weighted by Crippen LogP contribution is 2.28. The lowest BCUT2D eigenvalue weighted by atomic mass is 10.1. The van der Waals surface area contributed by atoms with Gasteiger partial charge in [0, 0.05) is 37.4 Å². The second-order valence-corrected chi connectivity index (χ2v) is 14.6. The molecule has 0 aliphatic heterocycles. The van der Waals surface area contributed by atoms with Gasteiger partial charge >= 0.3 is 20.8 Å². The van der Waals surface area contributed by atoms with Crippen LogP contribution < -0.4 is 19.0 Å². The largest absolute Gasteiger partial charge is 0.446 e. The van der Waals surface area contributed by atoms with Gasteiger partial charge in [-0.05, 0) is 67.3 Å². The summed E-state index contributed by atoms with van der Waals surface area (Å²) in [4.78, 5) is 24.7. The van der Waals surface area contributed by atoms with E-state index in [0.29, 0.717) is 22.6 Å². The summed E-state index contributed by atoms with van der Waals surface area (Å²) in [7, 11) is -6.63. The van der Waals surface area contributed by atoms with Crippen LogP contribution in [0.2, 0.25) is 0 Å². The first-order valence-electron chi connectivity index (χ1n) is 11.7. The molecule has 44 heavy (non-hydrogen) atoms. The molecule has 0 aliphatic rings. The molecule has 2 aromatic carbocycles. The minimum atomic E-state index is -4.72. The normalized spacial score (nSPS) is 12.5. The van der Waals surface area contributed by atoms with Crippen molar-refractivity contribution in [2.45, 2.75) is 12.8 Å². The van der Waals surface area contributed by atoms with Gasteiger partial charge in [-0.15, -0.1) is 0 Å². The number of hydrogen-bond acceptors (Lipinski definition) is 14. The minimum Gasteiger partial charge on any atom is -0.410 e. The van der Waals surface area contributed by atoms with Crippen molar-refractivity contribution >= 4 is 97.5 Å². The van der Waals surface area contributed by atoms with Crippen LogP contribution in [0.5, 0.6) is 11.5 Å². The van der Waals surface area contributed by atoms with E-state index in [4.69, 9.17) is 9.11 Å². The first-order chi connectivity index (χ1) is 20.6. The van der Waals surface area contributed by atoms with Gasteiger partial charge in [0.05, 0.1) is 8.95 Å². The standard InChI is InChI=1S/C22H24Br2N4O12S4/c23-15-9-13(1-3-19(15)39-43(33,34)35)11-17(27-31)21(29)25-5-7-41-42-8-6-26-22(30)18(28-32)12-14-2-4-20(16(24)10-14)40-44(36,37)38/h1-4,9-10,31-32H,5-8,11-12H2,(H,25,29)(H,26,30)(H,33,34,35)(H,36,37,38)/b27-17+,28-18+. The fourth-order valence-electron chi connectivity index (χ4n) is 3.11. The third kappa shape index (κ3) is 14.0. The third-order valence-electron chi connectivity index (χ3n) is 4.92. The summed E-state index contributed by atoms with van der Waals surface area (Å²) in [6, 6.07) is 8.21. The van der Waals surface area contributed by atoms with E-state index in [0.717, 1.165) is 0 Å². The molecule has 0 radical (unpaired) electrons. The second-order valence-electron chi connectivity index (χ2n) is 8.15. The Labute approximate surface area is 276 Å². The molecule has 0 spiro atoms. The molecule has 0 bridgehead atoms. The van der Waals surface area contributed by atoms with E-state index in [2.05, 4.69) is 61.2 Å². The van der Waals surface area contributed by atoms with Crippen molar-refractivity contribution in [3.63, 3.8) is 0 Å².